The summed E-state index contributed by atoms with van der Waals surface area (Å²) in [5, 5.41) is 10.2. The predicted octanol–water partition coefficient (Wildman–Crippen LogP) is 2.61. The highest BCUT2D eigenvalue weighted by molar-refractivity contribution is 9.10. The molecule has 96 valence electrons. The van der Waals surface area contributed by atoms with Crippen molar-refractivity contribution in [2.75, 3.05) is 5.73 Å². The number of rotatable bonds is 2. The van der Waals surface area contributed by atoms with E-state index >= 15 is 0 Å². The van der Waals surface area contributed by atoms with Crippen LogP contribution >= 0.6 is 15.9 Å². The van der Waals surface area contributed by atoms with Crippen LogP contribution in [0.2, 0.25) is 0 Å². The molecule has 8 heteroatoms. The SMILES string of the molecule is Nc1[nH]ncc1-c1nc(-c2ccc(F)c(Br)c2)no1. The molecule has 0 radical (unpaired) electrons. The van der Waals surface area contributed by atoms with E-state index in [4.69, 9.17) is 10.3 Å². The Kier molecular flexibility index (Phi) is 2.79. The number of nitrogens with one attached hydrogen (secondary N) is 1. The lowest BCUT2D eigenvalue weighted by atomic mass is 10.2. The maximum Gasteiger partial charge on any atom is 0.263 e. The van der Waals surface area contributed by atoms with Crippen molar-refractivity contribution < 1.29 is 8.91 Å². The first-order chi connectivity index (χ1) is 9.15. The van der Waals surface area contributed by atoms with E-state index in [0.29, 0.717) is 27.2 Å². The number of H-pyrrole nitrogens is 1. The number of anilines is 1. The third-order valence-electron chi connectivity index (χ3n) is 2.50. The number of benzene rings is 1. The molecule has 0 saturated heterocycles. The molecule has 0 aliphatic heterocycles. The van der Waals surface area contributed by atoms with Crippen LogP contribution in [0, 0.1) is 5.82 Å². The minimum Gasteiger partial charge on any atom is -0.383 e. The Hall–Kier alpha value is -2.22. The van der Waals surface area contributed by atoms with E-state index in [0.717, 1.165) is 0 Å². The highest BCUT2D eigenvalue weighted by atomic mass is 79.9. The summed E-state index contributed by atoms with van der Waals surface area (Å²) in [6.07, 6.45) is 1.49. The molecule has 0 atom stereocenters. The van der Waals surface area contributed by atoms with E-state index in [9.17, 15) is 4.39 Å². The van der Waals surface area contributed by atoms with Gasteiger partial charge in [0.25, 0.3) is 5.89 Å². The molecule has 6 nitrogen and oxygen atoms in total. The van der Waals surface area contributed by atoms with Gasteiger partial charge in [0, 0.05) is 5.56 Å². The fraction of sp³-hybridized carbons (Fsp3) is 0. The lowest BCUT2D eigenvalue weighted by Gasteiger charge is -1.96. The number of aromatic amines is 1. The van der Waals surface area contributed by atoms with Gasteiger partial charge in [0.2, 0.25) is 5.82 Å². The number of hydrogen-bond donors (Lipinski definition) is 2. The summed E-state index contributed by atoms with van der Waals surface area (Å²) in [4.78, 5) is 4.19. The molecule has 3 rings (SSSR count). The average Bonchev–Trinajstić information content (AvgIpc) is 3.01. The number of nitrogens with two attached hydrogens (primary N) is 1. The molecule has 0 spiro atoms. The molecular weight excluding hydrogens is 317 g/mol. The number of halogens is 2. The minimum absolute atomic E-state index is 0.252. The molecule has 2 heterocycles. The summed E-state index contributed by atoms with van der Waals surface area (Å²) in [6, 6.07) is 4.46. The summed E-state index contributed by atoms with van der Waals surface area (Å²) in [5.74, 6) is 0.583. The van der Waals surface area contributed by atoms with Crippen LogP contribution in [0.1, 0.15) is 0 Å². The first-order valence-corrected chi connectivity index (χ1v) is 6.03. The van der Waals surface area contributed by atoms with Crippen LogP contribution in [0.3, 0.4) is 0 Å². The van der Waals surface area contributed by atoms with Gasteiger partial charge in [-0.3, -0.25) is 5.10 Å². The molecule has 0 fully saturated rings. The van der Waals surface area contributed by atoms with Crippen molar-refractivity contribution in [1.82, 2.24) is 20.3 Å². The molecule has 19 heavy (non-hydrogen) atoms. The number of hydrogen-bond acceptors (Lipinski definition) is 5. The lowest BCUT2D eigenvalue weighted by molar-refractivity contribution is 0.432. The Labute approximate surface area is 115 Å². The second-order valence-corrected chi connectivity index (χ2v) is 4.60. The van der Waals surface area contributed by atoms with E-state index < -0.39 is 0 Å². The first-order valence-electron chi connectivity index (χ1n) is 5.23. The predicted molar refractivity (Wildman–Crippen MR) is 69.4 cm³/mol. The lowest BCUT2D eigenvalue weighted by Crippen LogP contribution is -1.88. The van der Waals surface area contributed by atoms with Crippen LogP contribution in [0.15, 0.2) is 33.4 Å². The molecule has 0 aliphatic rings. The van der Waals surface area contributed by atoms with Crippen LogP contribution in [0.5, 0.6) is 0 Å². The Morgan fingerprint density at radius 3 is 2.89 bits per heavy atom. The fourth-order valence-corrected chi connectivity index (χ4v) is 1.93. The molecule has 2 aromatic heterocycles. The summed E-state index contributed by atoms with van der Waals surface area (Å²) in [6.45, 7) is 0. The third-order valence-corrected chi connectivity index (χ3v) is 3.11. The summed E-state index contributed by atoms with van der Waals surface area (Å²) < 4.78 is 18.6. The van der Waals surface area contributed by atoms with Crippen LogP contribution in [0.4, 0.5) is 10.2 Å². The zero-order valence-corrected chi connectivity index (χ0v) is 11.0. The van der Waals surface area contributed by atoms with Crippen LogP contribution < -0.4 is 5.73 Å². The number of nitrogen functional groups attached to an aromatic ring is 1. The molecule has 3 N–H and O–H groups in total. The van der Waals surface area contributed by atoms with E-state index in [1.165, 1.54) is 12.3 Å². The maximum absolute atomic E-state index is 13.2. The average molecular weight is 324 g/mol. The molecule has 0 saturated carbocycles. The van der Waals surface area contributed by atoms with E-state index in [1.54, 1.807) is 12.1 Å². The Balaban J connectivity index is 2.01. The van der Waals surface area contributed by atoms with Crippen molar-refractivity contribution in [1.29, 1.82) is 0 Å². The van der Waals surface area contributed by atoms with Gasteiger partial charge in [-0.15, -0.1) is 0 Å². The topological polar surface area (TPSA) is 93.6 Å². The smallest absolute Gasteiger partial charge is 0.263 e. The Morgan fingerprint density at radius 1 is 1.37 bits per heavy atom. The van der Waals surface area contributed by atoms with Gasteiger partial charge in [-0.1, -0.05) is 5.16 Å². The van der Waals surface area contributed by atoms with Crippen LogP contribution in [-0.4, -0.2) is 20.3 Å². The summed E-state index contributed by atoms with van der Waals surface area (Å²) in [7, 11) is 0. The van der Waals surface area contributed by atoms with Gasteiger partial charge in [0.15, 0.2) is 0 Å². The monoisotopic (exact) mass is 323 g/mol. The fourth-order valence-electron chi connectivity index (χ4n) is 1.55. The van der Waals surface area contributed by atoms with E-state index in [2.05, 4.69) is 36.3 Å². The van der Waals surface area contributed by atoms with Gasteiger partial charge in [-0.05, 0) is 34.1 Å². The molecule has 0 amide bonds. The van der Waals surface area contributed by atoms with Gasteiger partial charge in [-0.2, -0.15) is 10.1 Å². The van der Waals surface area contributed by atoms with Crippen molar-refractivity contribution in [3.05, 3.63) is 34.7 Å². The second-order valence-electron chi connectivity index (χ2n) is 3.75. The highest BCUT2D eigenvalue weighted by Crippen LogP contribution is 2.27. The molecule has 0 aliphatic carbocycles. The standard InChI is InChI=1S/C11H7BrFN5O/c12-7-3-5(1-2-8(7)13)10-16-11(19-18-10)6-4-15-17-9(6)14/h1-4H,(H3,14,15,17). The van der Waals surface area contributed by atoms with E-state index in [1.807, 2.05) is 0 Å². The van der Waals surface area contributed by atoms with Crippen molar-refractivity contribution in [3.8, 4) is 22.8 Å². The molecular formula is C11H7BrFN5O. The van der Waals surface area contributed by atoms with Gasteiger partial charge in [0.1, 0.15) is 17.2 Å². The van der Waals surface area contributed by atoms with Gasteiger partial charge in [-0.25, -0.2) is 4.39 Å². The second kappa shape index (κ2) is 4.47. The molecule has 1 aromatic carbocycles. The zero-order valence-electron chi connectivity index (χ0n) is 9.39. The Morgan fingerprint density at radius 2 is 2.21 bits per heavy atom. The first kappa shape index (κ1) is 11.8. The largest absolute Gasteiger partial charge is 0.383 e. The summed E-state index contributed by atoms with van der Waals surface area (Å²) >= 11 is 3.10. The maximum atomic E-state index is 13.2. The molecule has 3 aromatic rings. The van der Waals surface area contributed by atoms with E-state index in [-0.39, 0.29) is 11.7 Å². The van der Waals surface area contributed by atoms with Crippen molar-refractivity contribution in [2.45, 2.75) is 0 Å². The van der Waals surface area contributed by atoms with Crippen molar-refractivity contribution >= 4 is 21.7 Å². The van der Waals surface area contributed by atoms with Crippen LogP contribution in [0.25, 0.3) is 22.8 Å². The number of aromatic nitrogens is 4. The summed E-state index contributed by atoms with van der Waals surface area (Å²) in [5.41, 5.74) is 6.82. The molecule has 0 unspecified atom stereocenters. The van der Waals surface area contributed by atoms with Crippen molar-refractivity contribution in [2.24, 2.45) is 0 Å². The molecule has 0 bridgehead atoms. The number of nitrogens with zero attached hydrogens (tertiary/aromatic N) is 3. The quantitative estimate of drug-likeness (QED) is 0.756. The minimum atomic E-state index is -0.355. The van der Waals surface area contributed by atoms with Crippen LogP contribution in [-0.2, 0) is 0 Å². The highest BCUT2D eigenvalue weighted by Gasteiger charge is 2.15. The van der Waals surface area contributed by atoms with Gasteiger partial charge < -0.3 is 10.3 Å². The Bertz CT molecular complexity index is 738. The van der Waals surface area contributed by atoms with Gasteiger partial charge >= 0.3 is 0 Å². The zero-order chi connectivity index (χ0) is 13.4. The normalized spacial score (nSPS) is 10.8. The van der Waals surface area contributed by atoms with Crippen molar-refractivity contribution in [3.63, 3.8) is 0 Å². The van der Waals surface area contributed by atoms with Gasteiger partial charge in [0.05, 0.1) is 10.7 Å². The third kappa shape index (κ3) is 2.10.